The highest BCUT2D eigenvalue weighted by Gasteiger charge is 2.43. The number of nitriles is 1. The number of hydrogen-bond acceptors (Lipinski definition) is 5. The van der Waals surface area contributed by atoms with Crippen LogP contribution < -0.4 is 5.73 Å². The third kappa shape index (κ3) is 3.18. The zero-order valence-electron chi connectivity index (χ0n) is 16.9. The van der Waals surface area contributed by atoms with E-state index in [1.807, 2.05) is 39.8 Å². The highest BCUT2D eigenvalue weighted by atomic mass is 35.5. The van der Waals surface area contributed by atoms with E-state index in [1.165, 1.54) is 0 Å². The summed E-state index contributed by atoms with van der Waals surface area (Å²) in [6.07, 6.45) is 0.946. The topological polar surface area (TPSA) is 89.0 Å². The molecule has 0 unspecified atom stereocenters. The molecule has 4 rings (SSSR count). The Balaban J connectivity index is 1.99. The van der Waals surface area contributed by atoms with Crippen molar-refractivity contribution >= 4 is 28.3 Å². The fourth-order valence-corrected chi connectivity index (χ4v) is 4.67. The van der Waals surface area contributed by atoms with Crippen LogP contribution in [-0.2, 0) is 9.53 Å². The van der Waals surface area contributed by atoms with Crippen molar-refractivity contribution in [3.8, 4) is 6.07 Å². The van der Waals surface area contributed by atoms with E-state index >= 15 is 0 Å². The summed E-state index contributed by atoms with van der Waals surface area (Å²) in [5.74, 6) is -0.154. The Labute approximate surface area is 174 Å². The molecule has 2 aromatic rings. The summed E-state index contributed by atoms with van der Waals surface area (Å²) in [5, 5.41) is 11.0. The summed E-state index contributed by atoms with van der Waals surface area (Å²) in [4.78, 5) is 17.7. The summed E-state index contributed by atoms with van der Waals surface area (Å²) < 4.78 is 5.75. The molecule has 0 saturated carbocycles. The third-order valence-electron chi connectivity index (χ3n) is 5.65. The lowest BCUT2D eigenvalue weighted by Crippen LogP contribution is -2.33. The first-order valence-electron chi connectivity index (χ1n) is 9.52. The molecular weight excluding hydrogens is 386 g/mol. The van der Waals surface area contributed by atoms with Crippen molar-refractivity contribution in [2.24, 2.45) is 11.1 Å². The van der Waals surface area contributed by atoms with Gasteiger partial charge in [0.05, 0.1) is 11.4 Å². The van der Waals surface area contributed by atoms with E-state index in [9.17, 15) is 10.1 Å². The average Bonchev–Trinajstić information content (AvgIpc) is 2.58. The molecule has 5 nitrogen and oxygen atoms in total. The lowest BCUT2D eigenvalue weighted by molar-refractivity contribution is -0.119. The van der Waals surface area contributed by atoms with Gasteiger partial charge in [-0.05, 0) is 42.5 Å². The number of nitrogens with two attached hydrogens (primary N) is 1. The molecule has 29 heavy (non-hydrogen) atoms. The number of carbonyl (C=O) groups excluding carboxylic acids is 1. The average molecular weight is 408 g/mol. The van der Waals surface area contributed by atoms with Gasteiger partial charge < -0.3 is 10.5 Å². The zero-order chi connectivity index (χ0) is 21.1. The van der Waals surface area contributed by atoms with Gasteiger partial charge in [0.15, 0.2) is 5.78 Å². The number of rotatable bonds is 1. The van der Waals surface area contributed by atoms with Gasteiger partial charge in [0.25, 0.3) is 0 Å². The fourth-order valence-electron chi connectivity index (χ4n) is 4.42. The van der Waals surface area contributed by atoms with Crippen LogP contribution in [0.5, 0.6) is 0 Å². The number of carbonyl (C=O) groups is 1. The van der Waals surface area contributed by atoms with Crippen molar-refractivity contribution in [2.75, 3.05) is 0 Å². The van der Waals surface area contributed by atoms with Gasteiger partial charge in [0.2, 0.25) is 5.88 Å². The van der Waals surface area contributed by atoms with Gasteiger partial charge >= 0.3 is 0 Å². The van der Waals surface area contributed by atoms with Gasteiger partial charge in [-0.1, -0.05) is 31.5 Å². The molecule has 2 aliphatic rings. The van der Waals surface area contributed by atoms with Crippen molar-refractivity contribution in [3.63, 3.8) is 0 Å². The van der Waals surface area contributed by atoms with E-state index in [1.54, 1.807) is 0 Å². The molecule has 1 aliphatic heterocycles. The number of Topliss-reactive ketones (excluding diaryl/α,β-unsaturated/α-hetero) is 1. The molecule has 148 valence electrons. The maximum Gasteiger partial charge on any atom is 0.205 e. The molecule has 1 aliphatic carbocycles. The van der Waals surface area contributed by atoms with Crippen LogP contribution in [0.3, 0.4) is 0 Å². The molecule has 1 atom stereocenters. The SMILES string of the molecule is Cc1cc(C)c2cc([C@@H]3C(C#N)=C(N)OC4=C3C(=O)CC(C)(C)C4)c(Cl)nc2c1. The van der Waals surface area contributed by atoms with Crippen molar-refractivity contribution in [2.45, 2.75) is 46.5 Å². The lowest BCUT2D eigenvalue weighted by atomic mass is 9.70. The number of fused-ring (bicyclic) bond motifs is 1. The molecule has 0 radical (unpaired) electrons. The molecule has 0 amide bonds. The molecule has 1 aromatic carbocycles. The number of aromatic nitrogens is 1. The maximum atomic E-state index is 13.1. The number of allylic oxidation sites excluding steroid dienone is 3. The third-order valence-corrected chi connectivity index (χ3v) is 5.96. The van der Waals surface area contributed by atoms with Crippen LogP contribution >= 0.6 is 11.6 Å². The Hall–Kier alpha value is -2.84. The molecule has 0 bridgehead atoms. The molecule has 0 fully saturated rings. The van der Waals surface area contributed by atoms with Crippen LogP contribution in [-0.4, -0.2) is 10.8 Å². The van der Waals surface area contributed by atoms with Crippen molar-refractivity contribution in [1.82, 2.24) is 4.98 Å². The van der Waals surface area contributed by atoms with Gasteiger partial charge in [0, 0.05) is 29.4 Å². The molecule has 6 heteroatoms. The summed E-state index contributed by atoms with van der Waals surface area (Å²) >= 11 is 6.59. The second-order valence-corrected chi connectivity index (χ2v) is 9.08. The standard InChI is InChI=1S/C23H22ClN3O2/c1-11-5-12(2)13-7-14(21(24)27-16(13)6-11)19-15(10-25)22(26)29-18-9-23(3,4)8-17(28)20(18)19/h5-7,19H,8-9,26H2,1-4H3/t19-/m1/s1. The Morgan fingerprint density at radius 2 is 2.00 bits per heavy atom. The summed E-state index contributed by atoms with van der Waals surface area (Å²) in [6.45, 7) is 8.05. The van der Waals surface area contributed by atoms with Crippen molar-refractivity contribution in [3.05, 3.63) is 62.8 Å². The van der Waals surface area contributed by atoms with Gasteiger partial charge in [0.1, 0.15) is 22.6 Å². The molecule has 2 N–H and O–H groups in total. The molecule has 0 saturated heterocycles. The molecule has 2 heterocycles. The van der Waals surface area contributed by atoms with Gasteiger partial charge in [-0.2, -0.15) is 5.26 Å². The Kier molecular flexibility index (Phi) is 4.43. The Morgan fingerprint density at radius 1 is 1.28 bits per heavy atom. The van der Waals surface area contributed by atoms with Gasteiger partial charge in [-0.3, -0.25) is 4.79 Å². The minimum Gasteiger partial charge on any atom is -0.444 e. The molecule has 0 spiro atoms. The van der Waals surface area contributed by atoms with Crippen LogP contribution in [0.2, 0.25) is 5.15 Å². The van der Waals surface area contributed by atoms with E-state index in [0.29, 0.717) is 29.7 Å². The monoisotopic (exact) mass is 407 g/mol. The van der Waals surface area contributed by atoms with Gasteiger partial charge in [-0.25, -0.2) is 4.98 Å². The number of ketones is 1. The van der Waals surface area contributed by atoms with E-state index in [4.69, 9.17) is 22.1 Å². The first-order chi connectivity index (χ1) is 13.6. The summed E-state index contributed by atoms with van der Waals surface area (Å²) in [6, 6.07) is 8.10. The van der Waals surface area contributed by atoms with E-state index < -0.39 is 5.92 Å². The molecule has 1 aromatic heterocycles. The van der Waals surface area contributed by atoms with E-state index in [2.05, 4.69) is 17.1 Å². The highest BCUT2D eigenvalue weighted by Crippen LogP contribution is 2.49. The second-order valence-electron chi connectivity index (χ2n) is 8.72. The smallest absolute Gasteiger partial charge is 0.205 e. The number of hydrogen-bond donors (Lipinski definition) is 1. The van der Waals surface area contributed by atoms with Crippen LogP contribution in [0.25, 0.3) is 10.9 Å². The normalized spacial score (nSPS) is 21.1. The maximum absolute atomic E-state index is 13.1. The minimum absolute atomic E-state index is 0.0264. The number of ether oxygens (including phenoxy) is 1. The number of nitrogens with zero attached hydrogens (tertiary/aromatic N) is 2. The van der Waals surface area contributed by atoms with Crippen LogP contribution in [0, 0.1) is 30.6 Å². The van der Waals surface area contributed by atoms with E-state index in [-0.39, 0.29) is 27.8 Å². The molecular formula is C23H22ClN3O2. The number of benzene rings is 1. The largest absolute Gasteiger partial charge is 0.444 e. The van der Waals surface area contributed by atoms with Crippen LogP contribution in [0.15, 0.2) is 41.0 Å². The summed E-state index contributed by atoms with van der Waals surface area (Å²) in [7, 11) is 0. The minimum atomic E-state index is -0.669. The highest BCUT2D eigenvalue weighted by molar-refractivity contribution is 6.31. The Bertz CT molecular complexity index is 1180. The number of pyridine rings is 1. The first-order valence-corrected chi connectivity index (χ1v) is 9.90. The van der Waals surface area contributed by atoms with Crippen LogP contribution in [0.1, 0.15) is 49.3 Å². The first kappa shape index (κ1) is 19.5. The van der Waals surface area contributed by atoms with Crippen LogP contribution in [0.4, 0.5) is 0 Å². The number of halogens is 1. The second kappa shape index (κ2) is 6.60. The van der Waals surface area contributed by atoms with Gasteiger partial charge in [-0.15, -0.1) is 0 Å². The lowest BCUT2D eigenvalue weighted by Gasteiger charge is -2.37. The predicted molar refractivity (Wildman–Crippen MR) is 112 cm³/mol. The Morgan fingerprint density at radius 3 is 2.69 bits per heavy atom. The quantitative estimate of drug-likeness (QED) is 0.675. The van der Waals surface area contributed by atoms with Crippen molar-refractivity contribution in [1.29, 1.82) is 5.26 Å². The van der Waals surface area contributed by atoms with E-state index in [0.717, 1.165) is 22.0 Å². The zero-order valence-corrected chi connectivity index (χ0v) is 17.6. The predicted octanol–water partition coefficient (Wildman–Crippen LogP) is 4.96. The van der Waals surface area contributed by atoms with Crippen molar-refractivity contribution < 1.29 is 9.53 Å². The summed E-state index contributed by atoms with van der Waals surface area (Å²) in [5.41, 5.74) is 10.1. The fraction of sp³-hybridized carbons (Fsp3) is 0.348. The number of aryl methyl sites for hydroxylation is 2.